The van der Waals surface area contributed by atoms with Gasteiger partial charge in [-0.25, -0.2) is 0 Å². The molecule has 1 aliphatic heterocycles. The number of nitrogens with zero attached hydrogens (tertiary/aromatic N) is 3. The molecule has 3 aromatic rings. The van der Waals surface area contributed by atoms with Gasteiger partial charge in [-0.2, -0.15) is 5.01 Å². The van der Waals surface area contributed by atoms with Gasteiger partial charge in [0.25, 0.3) is 17.5 Å². The van der Waals surface area contributed by atoms with E-state index in [1.165, 1.54) is 23.5 Å². The van der Waals surface area contributed by atoms with Crippen molar-refractivity contribution in [3.8, 4) is 11.5 Å². The molecule has 0 radical (unpaired) electrons. The summed E-state index contributed by atoms with van der Waals surface area (Å²) in [4.78, 5) is 46.3. The van der Waals surface area contributed by atoms with E-state index in [0.717, 1.165) is 35.0 Å². The number of thiocarbonyl (C=S) groups is 1. The molecular formula is C21H12N4O7S3. The molecule has 0 saturated carbocycles. The van der Waals surface area contributed by atoms with Gasteiger partial charge in [0.15, 0.2) is 4.32 Å². The van der Waals surface area contributed by atoms with Crippen LogP contribution in [-0.4, -0.2) is 31.0 Å². The number of non-ortho nitro benzene ring substituents is 1. The Balaban J connectivity index is 1.48. The Labute approximate surface area is 210 Å². The Bertz CT molecular complexity index is 1390. The number of benzene rings is 2. The van der Waals surface area contributed by atoms with E-state index >= 15 is 0 Å². The van der Waals surface area contributed by atoms with E-state index < -0.39 is 33.0 Å². The molecule has 1 N–H and O–H groups in total. The SMILES string of the molecule is O=C(NN1C(=O)/C(=C\c2ccc(Oc3ccc([N+](=O)[O-])cc3[N+](=O)[O-])cc2)SC1=S)c1cccs1. The molecule has 1 aliphatic rings. The van der Waals surface area contributed by atoms with Crippen LogP contribution < -0.4 is 10.2 Å². The molecule has 176 valence electrons. The molecule has 11 nitrogen and oxygen atoms in total. The van der Waals surface area contributed by atoms with Crippen LogP contribution in [0.15, 0.2) is 64.9 Å². The third-order valence-corrected chi connectivity index (χ3v) is 6.68. The zero-order valence-electron chi connectivity index (χ0n) is 17.3. The number of hydrazine groups is 1. The number of hydrogen-bond donors (Lipinski definition) is 1. The van der Waals surface area contributed by atoms with Crippen molar-refractivity contribution in [2.24, 2.45) is 0 Å². The molecule has 0 atom stereocenters. The van der Waals surface area contributed by atoms with Crippen LogP contribution in [-0.2, 0) is 4.79 Å². The van der Waals surface area contributed by atoms with Gasteiger partial charge in [-0.05, 0) is 53.5 Å². The molecule has 14 heteroatoms. The van der Waals surface area contributed by atoms with Crippen molar-refractivity contribution in [3.63, 3.8) is 0 Å². The van der Waals surface area contributed by atoms with Crippen molar-refractivity contribution in [2.75, 3.05) is 0 Å². The topological polar surface area (TPSA) is 145 Å². The van der Waals surface area contributed by atoms with Gasteiger partial charge in [0.1, 0.15) is 5.75 Å². The number of nitro benzene ring substituents is 2. The number of thiophene rings is 1. The average molecular weight is 529 g/mol. The fraction of sp³-hybridized carbons (Fsp3) is 0. The summed E-state index contributed by atoms with van der Waals surface area (Å²) in [5, 5.41) is 24.9. The van der Waals surface area contributed by atoms with Gasteiger partial charge in [0.05, 0.1) is 25.7 Å². The summed E-state index contributed by atoms with van der Waals surface area (Å²) in [5.41, 5.74) is 2.13. The number of carbonyl (C=O) groups is 2. The minimum absolute atomic E-state index is 0.157. The van der Waals surface area contributed by atoms with Crippen molar-refractivity contribution in [3.05, 3.63) is 95.6 Å². The fourth-order valence-corrected chi connectivity index (χ4v) is 4.68. The molecule has 35 heavy (non-hydrogen) atoms. The van der Waals surface area contributed by atoms with E-state index in [0.29, 0.717) is 15.3 Å². The molecule has 0 spiro atoms. The molecule has 0 unspecified atom stereocenters. The normalized spacial score (nSPS) is 14.3. The van der Waals surface area contributed by atoms with Gasteiger partial charge in [-0.3, -0.25) is 35.2 Å². The number of nitrogens with one attached hydrogen (secondary N) is 1. The third-order valence-electron chi connectivity index (χ3n) is 4.51. The van der Waals surface area contributed by atoms with Crippen LogP contribution in [0.4, 0.5) is 11.4 Å². The Morgan fingerprint density at radius 3 is 2.46 bits per heavy atom. The summed E-state index contributed by atoms with van der Waals surface area (Å²) in [6.45, 7) is 0. The number of amides is 2. The maximum absolute atomic E-state index is 12.7. The van der Waals surface area contributed by atoms with Crippen molar-refractivity contribution < 1.29 is 24.2 Å². The van der Waals surface area contributed by atoms with Gasteiger partial charge in [-0.1, -0.05) is 30.0 Å². The van der Waals surface area contributed by atoms with E-state index in [1.54, 1.807) is 35.7 Å². The monoisotopic (exact) mass is 528 g/mol. The standard InChI is InChI=1S/C21H12N4O7S3/c26-19(17-2-1-9-34-17)22-23-20(27)18(35-21(23)33)10-12-3-6-14(7-4-12)32-16-8-5-13(24(28)29)11-15(16)25(30)31/h1-11H,(H,22,26)/b18-10+. The van der Waals surface area contributed by atoms with Crippen molar-refractivity contribution in [1.82, 2.24) is 10.4 Å². The van der Waals surface area contributed by atoms with Gasteiger partial charge in [0, 0.05) is 6.07 Å². The first kappa shape index (κ1) is 24.0. The van der Waals surface area contributed by atoms with E-state index in [-0.39, 0.29) is 15.8 Å². The Kier molecular flexibility index (Phi) is 6.86. The zero-order chi connectivity index (χ0) is 25.1. The lowest BCUT2D eigenvalue weighted by Gasteiger charge is -2.14. The van der Waals surface area contributed by atoms with Gasteiger partial charge in [0.2, 0.25) is 5.75 Å². The highest BCUT2D eigenvalue weighted by Crippen LogP contribution is 2.35. The van der Waals surface area contributed by atoms with E-state index in [9.17, 15) is 29.8 Å². The lowest BCUT2D eigenvalue weighted by molar-refractivity contribution is -0.394. The van der Waals surface area contributed by atoms with Crippen molar-refractivity contribution in [2.45, 2.75) is 0 Å². The average Bonchev–Trinajstić information content (AvgIpc) is 3.45. The summed E-state index contributed by atoms with van der Waals surface area (Å²) in [6.07, 6.45) is 1.58. The highest BCUT2D eigenvalue weighted by atomic mass is 32.2. The molecule has 2 aromatic carbocycles. The van der Waals surface area contributed by atoms with Crippen LogP contribution in [0.2, 0.25) is 0 Å². The third kappa shape index (κ3) is 5.34. The second-order valence-corrected chi connectivity index (χ2v) is 9.40. The largest absolute Gasteiger partial charge is 0.450 e. The predicted molar refractivity (Wildman–Crippen MR) is 133 cm³/mol. The molecule has 0 aliphatic carbocycles. The lowest BCUT2D eigenvalue weighted by atomic mass is 10.2. The number of rotatable bonds is 7. The zero-order valence-corrected chi connectivity index (χ0v) is 19.7. The van der Waals surface area contributed by atoms with E-state index in [2.05, 4.69) is 5.43 Å². The minimum Gasteiger partial charge on any atom is -0.450 e. The maximum atomic E-state index is 12.7. The van der Waals surface area contributed by atoms with Crippen LogP contribution >= 0.6 is 35.3 Å². The molecule has 2 amide bonds. The van der Waals surface area contributed by atoms with Gasteiger partial charge >= 0.3 is 5.69 Å². The highest BCUT2D eigenvalue weighted by Gasteiger charge is 2.34. The maximum Gasteiger partial charge on any atom is 0.318 e. The summed E-state index contributed by atoms with van der Waals surface area (Å²) in [7, 11) is 0. The summed E-state index contributed by atoms with van der Waals surface area (Å²) >= 11 is 7.47. The number of thioether (sulfide) groups is 1. The summed E-state index contributed by atoms with van der Waals surface area (Å²) in [6, 6.07) is 12.7. The van der Waals surface area contributed by atoms with E-state index in [1.807, 2.05) is 0 Å². The Morgan fingerprint density at radius 1 is 1.09 bits per heavy atom. The van der Waals surface area contributed by atoms with Crippen LogP contribution in [0.1, 0.15) is 15.2 Å². The molecule has 1 fully saturated rings. The first-order valence-electron chi connectivity index (χ1n) is 9.56. The van der Waals surface area contributed by atoms with Gasteiger partial charge < -0.3 is 4.74 Å². The van der Waals surface area contributed by atoms with Gasteiger partial charge in [-0.15, -0.1) is 11.3 Å². The molecule has 4 rings (SSSR count). The molecule has 1 aromatic heterocycles. The molecule has 0 bridgehead atoms. The smallest absolute Gasteiger partial charge is 0.318 e. The first-order chi connectivity index (χ1) is 16.7. The summed E-state index contributed by atoms with van der Waals surface area (Å²) in [5.74, 6) is -0.836. The predicted octanol–water partition coefficient (Wildman–Crippen LogP) is 4.90. The van der Waals surface area contributed by atoms with Crippen LogP contribution in [0.25, 0.3) is 6.08 Å². The quantitative estimate of drug-likeness (QED) is 0.196. The number of carbonyl (C=O) groups excluding carboxylic acids is 2. The molecule has 1 saturated heterocycles. The molecule has 2 heterocycles. The van der Waals surface area contributed by atoms with Crippen LogP contribution in [0.5, 0.6) is 11.5 Å². The number of ether oxygens (including phenoxy) is 1. The van der Waals surface area contributed by atoms with Crippen molar-refractivity contribution in [1.29, 1.82) is 0 Å². The highest BCUT2D eigenvalue weighted by molar-refractivity contribution is 8.26. The lowest BCUT2D eigenvalue weighted by Crippen LogP contribution is -2.44. The second kappa shape index (κ2) is 10.0. The second-order valence-electron chi connectivity index (χ2n) is 6.77. The Hall–Kier alpha value is -4.14. The minimum atomic E-state index is -0.768. The van der Waals surface area contributed by atoms with E-state index in [4.69, 9.17) is 17.0 Å². The van der Waals surface area contributed by atoms with Crippen molar-refractivity contribution >= 4 is 68.9 Å². The number of nitro groups is 2. The summed E-state index contributed by atoms with van der Waals surface area (Å²) < 4.78 is 5.71. The van der Waals surface area contributed by atoms with Crippen LogP contribution in [0.3, 0.4) is 0 Å². The fourth-order valence-electron chi connectivity index (χ4n) is 2.89. The Morgan fingerprint density at radius 2 is 1.83 bits per heavy atom. The molecular weight excluding hydrogens is 516 g/mol. The van der Waals surface area contributed by atoms with Crippen LogP contribution in [0, 0.1) is 20.2 Å². The number of hydrogen-bond acceptors (Lipinski definition) is 10. The first-order valence-corrected chi connectivity index (χ1v) is 11.7.